The molecular formula is C28H27FN2O6S2. The van der Waals surface area contributed by atoms with Crippen LogP contribution in [0.5, 0.6) is 17.2 Å². The average Bonchev–Trinajstić information content (AvgIpc) is 3.18. The molecular weight excluding hydrogens is 543 g/mol. The molecule has 0 aromatic heterocycles. The highest BCUT2D eigenvalue weighted by Crippen LogP contribution is 2.50. The predicted octanol–water partition coefficient (Wildman–Crippen LogP) is 5.93. The summed E-state index contributed by atoms with van der Waals surface area (Å²) in [5, 5.41) is 3.00. The second kappa shape index (κ2) is 12.5. The van der Waals surface area contributed by atoms with E-state index in [1.54, 1.807) is 19.2 Å². The van der Waals surface area contributed by atoms with Gasteiger partial charge in [-0.25, -0.2) is 4.39 Å². The maximum Gasteiger partial charge on any atom is 0.251 e. The Bertz CT molecular complexity index is 1480. The van der Waals surface area contributed by atoms with E-state index in [1.807, 2.05) is 18.4 Å². The zero-order valence-electron chi connectivity index (χ0n) is 21.8. The predicted molar refractivity (Wildman–Crippen MR) is 152 cm³/mol. The van der Waals surface area contributed by atoms with E-state index in [-0.39, 0.29) is 16.7 Å². The molecule has 1 amide bonds. The number of rotatable bonds is 9. The maximum atomic E-state index is 14.3. The summed E-state index contributed by atoms with van der Waals surface area (Å²) < 4.78 is 34.0. The monoisotopic (exact) mass is 570 g/mol. The maximum absolute atomic E-state index is 14.3. The lowest BCUT2D eigenvalue weighted by Crippen LogP contribution is -2.29. The molecule has 0 unspecified atom stereocenters. The molecule has 0 saturated heterocycles. The minimum atomic E-state index is -0.598. The van der Waals surface area contributed by atoms with Gasteiger partial charge >= 0.3 is 0 Å². The lowest BCUT2D eigenvalue weighted by atomic mass is 9.95. The standard InChI is InChI=1S/C28H27FN2O6S2/c1-35-23-12-16-5-7-21(30-28(33)17-9-15(14-39-31-34)10-18(29)11-17)20-13-22(32)24(38-4)8-6-19(20)25(16)27(37-3)26(23)36-2/h6,8-13,21H,5,7,14H2,1-4H3,(H,30,33)/t21-/m0/s1. The van der Waals surface area contributed by atoms with Crippen LogP contribution in [0.25, 0.3) is 11.1 Å². The molecule has 1 aliphatic rings. The Hall–Kier alpha value is -3.57. The molecule has 0 bridgehead atoms. The first kappa shape index (κ1) is 28.4. The molecule has 39 heavy (non-hydrogen) atoms. The van der Waals surface area contributed by atoms with Crippen LogP contribution >= 0.6 is 23.7 Å². The molecule has 11 heteroatoms. The highest BCUT2D eigenvalue weighted by atomic mass is 32.2. The van der Waals surface area contributed by atoms with Gasteiger partial charge in [0, 0.05) is 33.4 Å². The van der Waals surface area contributed by atoms with Crippen LogP contribution in [-0.4, -0.2) is 33.5 Å². The minimum Gasteiger partial charge on any atom is -0.493 e. The number of hydrogen-bond donors (Lipinski definition) is 1. The van der Waals surface area contributed by atoms with Crippen molar-refractivity contribution in [1.29, 1.82) is 0 Å². The number of amides is 1. The molecule has 8 nitrogen and oxygen atoms in total. The van der Waals surface area contributed by atoms with E-state index >= 15 is 0 Å². The van der Waals surface area contributed by atoms with Gasteiger partial charge in [0.25, 0.3) is 5.91 Å². The van der Waals surface area contributed by atoms with Gasteiger partial charge in [-0.2, -0.15) is 0 Å². The third-order valence-electron chi connectivity index (χ3n) is 6.53. The van der Waals surface area contributed by atoms with Gasteiger partial charge in [0.05, 0.1) is 32.3 Å². The van der Waals surface area contributed by atoms with Gasteiger partial charge in [-0.05, 0) is 77.7 Å². The Morgan fingerprint density at radius 3 is 2.51 bits per heavy atom. The molecule has 3 aromatic rings. The Kier molecular flexibility index (Phi) is 9.13. The summed E-state index contributed by atoms with van der Waals surface area (Å²) in [6, 6.07) is 10.4. The van der Waals surface area contributed by atoms with Crippen molar-refractivity contribution < 1.29 is 23.4 Å². The third kappa shape index (κ3) is 5.89. The van der Waals surface area contributed by atoms with Crippen LogP contribution in [0.1, 0.15) is 39.5 Å². The van der Waals surface area contributed by atoms with Crippen LogP contribution in [0.15, 0.2) is 56.7 Å². The van der Waals surface area contributed by atoms with Crippen molar-refractivity contribution in [2.24, 2.45) is 4.58 Å². The molecule has 0 saturated carbocycles. The summed E-state index contributed by atoms with van der Waals surface area (Å²) in [5.41, 5.74) is 3.34. The number of ether oxygens (including phenoxy) is 3. The van der Waals surface area contributed by atoms with Crippen molar-refractivity contribution >= 4 is 29.6 Å². The first-order valence-corrected chi connectivity index (χ1v) is 14.1. The van der Waals surface area contributed by atoms with Crippen LogP contribution in [0, 0.1) is 10.7 Å². The van der Waals surface area contributed by atoms with E-state index in [2.05, 4.69) is 9.90 Å². The fourth-order valence-electron chi connectivity index (χ4n) is 4.82. The largest absolute Gasteiger partial charge is 0.493 e. The smallest absolute Gasteiger partial charge is 0.251 e. The van der Waals surface area contributed by atoms with Crippen molar-refractivity contribution in [2.75, 3.05) is 27.6 Å². The first-order chi connectivity index (χ1) is 18.8. The van der Waals surface area contributed by atoms with Gasteiger partial charge in [0.15, 0.2) is 16.9 Å². The summed E-state index contributed by atoms with van der Waals surface area (Å²) >= 11 is 2.06. The second-order valence-corrected chi connectivity index (χ2v) is 10.3. The second-order valence-electron chi connectivity index (χ2n) is 8.72. The fourth-order valence-corrected chi connectivity index (χ4v) is 5.66. The van der Waals surface area contributed by atoms with E-state index < -0.39 is 17.8 Å². The first-order valence-electron chi connectivity index (χ1n) is 11.9. The van der Waals surface area contributed by atoms with Crippen molar-refractivity contribution in [1.82, 2.24) is 5.32 Å². The van der Waals surface area contributed by atoms with Gasteiger partial charge in [0.1, 0.15) is 5.82 Å². The highest BCUT2D eigenvalue weighted by molar-refractivity contribution is 7.98. The van der Waals surface area contributed by atoms with E-state index in [0.29, 0.717) is 51.7 Å². The van der Waals surface area contributed by atoms with E-state index in [9.17, 15) is 18.9 Å². The number of benzene rings is 2. The molecule has 0 heterocycles. The molecule has 0 spiro atoms. The number of nitrogens with zero attached hydrogens (tertiary/aromatic N) is 1. The molecule has 3 aromatic carbocycles. The van der Waals surface area contributed by atoms with Gasteiger partial charge in [-0.1, -0.05) is 6.07 Å². The number of methoxy groups -OCH3 is 3. The number of halogens is 1. The fraction of sp³-hybridized carbons (Fsp3) is 0.286. The topological polar surface area (TPSA) is 103 Å². The number of aryl methyl sites for hydroxylation is 1. The van der Waals surface area contributed by atoms with Gasteiger partial charge in [-0.3, -0.25) is 9.59 Å². The van der Waals surface area contributed by atoms with Crippen molar-refractivity contribution in [3.05, 3.63) is 85.7 Å². The zero-order chi connectivity index (χ0) is 28.1. The molecule has 0 aliphatic heterocycles. The van der Waals surface area contributed by atoms with Crippen molar-refractivity contribution in [3.63, 3.8) is 0 Å². The Labute approximate surface area is 233 Å². The number of carbonyl (C=O) groups excluding carboxylic acids is 1. The zero-order valence-corrected chi connectivity index (χ0v) is 23.5. The molecule has 204 valence electrons. The van der Waals surface area contributed by atoms with Crippen LogP contribution in [0.3, 0.4) is 0 Å². The average molecular weight is 571 g/mol. The van der Waals surface area contributed by atoms with Crippen LogP contribution in [0.2, 0.25) is 0 Å². The number of fused-ring (bicyclic) bond motifs is 3. The SMILES string of the molecule is COc1cc2c(c(OC)c1OC)-c1ccc(SC)c(=O)cc1[C@@H](NC(=O)c1cc(F)cc(CSN=O)c1)CC2. The van der Waals surface area contributed by atoms with Crippen LogP contribution < -0.4 is 25.0 Å². The number of nitroso groups, excluding NO2 is 1. The number of nitrogens with one attached hydrogen (secondary N) is 1. The molecule has 0 radical (unpaired) electrons. The molecule has 0 fully saturated rings. The van der Waals surface area contributed by atoms with Gasteiger partial charge < -0.3 is 19.5 Å². The lowest BCUT2D eigenvalue weighted by molar-refractivity contribution is 0.0934. The number of thioether (sulfide) groups is 1. The third-order valence-corrected chi connectivity index (χ3v) is 7.87. The molecule has 1 atom stereocenters. The van der Waals surface area contributed by atoms with Crippen LogP contribution in [0.4, 0.5) is 4.39 Å². The van der Waals surface area contributed by atoms with E-state index in [1.165, 1.54) is 38.1 Å². The lowest BCUT2D eigenvalue weighted by Gasteiger charge is -2.20. The van der Waals surface area contributed by atoms with E-state index in [0.717, 1.165) is 29.1 Å². The molecule has 4 rings (SSSR count). The van der Waals surface area contributed by atoms with E-state index in [4.69, 9.17) is 14.2 Å². The molecule has 1 N–H and O–H groups in total. The van der Waals surface area contributed by atoms with Gasteiger partial charge in [0.2, 0.25) is 5.75 Å². The summed E-state index contributed by atoms with van der Waals surface area (Å²) in [5.74, 6) is 0.412. The van der Waals surface area contributed by atoms with Crippen LogP contribution in [-0.2, 0) is 12.2 Å². The summed E-state index contributed by atoms with van der Waals surface area (Å²) in [6.45, 7) is 0. The Morgan fingerprint density at radius 1 is 1.08 bits per heavy atom. The highest BCUT2D eigenvalue weighted by Gasteiger charge is 2.30. The van der Waals surface area contributed by atoms with Crippen molar-refractivity contribution in [3.8, 4) is 28.4 Å². The Morgan fingerprint density at radius 2 is 1.85 bits per heavy atom. The summed E-state index contributed by atoms with van der Waals surface area (Å²) in [4.78, 5) is 37.5. The normalized spacial score (nSPS) is 13.9. The quantitative estimate of drug-likeness (QED) is 0.192. The summed E-state index contributed by atoms with van der Waals surface area (Å²) in [7, 11) is 4.61. The number of hydrogen-bond acceptors (Lipinski definition) is 9. The summed E-state index contributed by atoms with van der Waals surface area (Å²) in [6.07, 6.45) is 2.80. The molecule has 1 aliphatic carbocycles. The Balaban J connectivity index is 1.87. The van der Waals surface area contributed by atoms with Crippen molar-refractivity contribution in [2.45, 2.75) is 29.5 Å². The number of carbonyl (C=O) groups is 1. The van der Waals surface area contributed by atoms with Gasteiger partial charge in [-0.15, -0.1) is 16.7 Å². The minimum absolute atomic E-state index is 0.105.